The van der Waals surface area contributed by atoms with E-state index in [1.54, 1.807) is 11.3 Å². The van der Waals surface area contributed by atoms with Crippen LogP contribution in [0.25, 0.3) is 0 Å². The number of thiophene rings is 1. The highest BCUT2D eigenvalue weighted by atomic mass is 79.9. The summed E-state index contributed by atoms with van der Waals surface area (Å²) in [5, 5.41) is 15.5. The van der Waals surface area contributed by atoms with Gasteiger partial charge in [-0.1, -0.05) is 13.8 Å². The van der Waals surface area contributed by atoms with Crippen molar-refractivity contribution < 1.29 is 5.11 Å². The molecule has 1 rings (SSSR count). The lowest BCUT2D eigenvalue weighted by Gasteiger charge is -2.21. The molecule has 1 aromatic heterocycles. The van der Waals surface area contributed by atoms with Crippen molar-refractivity contribution in [1.82, 2.24) is 0 Å². The van der Waals surface area contributed by atoms with Gasteiger partial charge in [-0.25, -0.2) is 0 Å². The highest BCUT2D eigenvalue weighted by molar-refractivity contribution is 9.10. The highest BCUT2D eigenvalue weighted by Gasteiger charge is 2.15. The summed E-state index contributed by atoms with van der Waals surface area (Å²) in [5.41, 5.74) is -0.0591. The quantitative estimate of drug-likeness (QED) is 0.876. The summed E-state index contributed by atoms with van der Waals surface area (Å²) >= 11 is 5.05. The molecule has 4 heteroatoms. The number of nitrogens with one attached hydrogen (secondary N) is 1. The molecule has 0 spiro atoms. The predicted octanol–water partition coefficient (Wildman–Crippen LogP) is 2.94. The van der Waals surface area contributed by atoms with Crippen LogP contribution in [-0.2, 0) is 0 Å². The summed E-state index contributed by atoms with van der Waals surface area (Å²) in [7, 11) is 0. The van der Waals surface area contributed by atoms with E-state index in [0.29, 0.717) is 0 Å². The summed E-state index contributed by atoms with van der Waals surface area (Å²) < 4.78 is 1.10. The molecule has 0 unspecified atom stereocenters. The maximum absolute atomic E-state index is 9.03. The van der Waals surface area contributed by atoms with Gasteiger partial charge in [0.25, 0.3) is 0 Å². The molecule has 0 bridgehead atoms. The van der Waals surface area contributed by atoms with Gasteiger partial charge in [0.1, 0.15) is 0 Å². The van der Waals surface area contributed by atoms with Crippen molar-refractivity contribution in [2.24, 2.45) is 5.41 Å². The van der Waals surface area contributed by atoms with E-state index in [-0.39, 0.29) is 12.0 Å². The lowest BCUT2D eigenvalue weighted by Crippen LogP contribution is -2.26. The average Bonchev–Trinajstić information content (AvgIpc) is 2.48. The Hall–Kier alpha value is -0.0600. The van der Waals surface area contributed by atoms with E-state index in [9.17, 15) is 0 Å². The van der Waals surface area contributed by atoms with Gasteiger partial charge < -0.3 is 10.4 Å². The SMILES string of the molecule is CC(C)(CO)CNc1cc(Br)cs1. The average molecular weight is 264 g/mol. The van der Waals surface area contributed by atoms with Gasteiger partial charge in [0, 0.05) is 28.4 Å². The van der Waals surface area contributed by atoms with Crippen LogP contribution in [-0.4, -0.2) is 18.3 Å². The Morgan fingerprint density at radius 2 is 2.31 bits per heavy atom. The van der Waals surface area contributed by atoms with Crippen molar-refractivity contribution in [2.75, 3.05) is 18.5 Å². The van der Waals surface area contributed by atoms with Crippen LogP contribution in [0.3, 0.4) is 0 Å². The maximum Gasteiger partial charge on any atom is 0.0894 e. The van der Waals surface area contributed by atoms with E-state index in [2.05, 4.69) is 21.2 Å². The number of rotatable bonds is 4. The summed E-state index contributed by atoms with van der Waals surface area (Å²) in [6, 6.07) is 2.04. The fourth-order valence-electron chi connectivity index (χ4n) is 0.788. The second-order valence-electron chi connectivity index (χ2n) is 3.81. The molecular weight excluding hydrogens is 250 g/mol. The van der Waals surface area contributed by atoms with E-state index in [4.69, 9.17) is 5.11 Å². The Morgan fingerprint density at radius 3 is 2.77 bits per heavy atom. The largest absolute Gasteiger partial charge is 0.396 e. The van der Waals surface area contributed by atoms with E-state index in [0.717, 1.165) is 16.0 Å². The third-order valence-corrected chi connectivity index (χ3v) is 3.39. The minimum Gasteiger partial charge on any atom is -0.396 e. The zero-order chi connectivity index (χ0) is 9.90. The molecule has 0 aliphatic rings. The first-order valence-electron chi connectivity index (χ1n) is 4.12. The Balaban J connectivity index is 2.43. The first kappa shape index (κ1) is 11.0. The minimum absolute atomic E-state index is 0.0591. The molecule has 0 fully saturated rings. The Bertz CT molecular complexity index is 272. The molecular formula is C9H14BrNOS. The van der Waals surface area contributed by atoms with E-state index >= 15 is 0 Å². The van der Waals surface area contributed by atoms with Gasteiger partial charge in [-0.3, -0.25) is 0 Å². The predicted molar refractivity (Wildman–Crippen MR) is 61.4 cm³/mol. The molecule has 13 heavy (non-hydrogen) atoms. The standard InChI is InChI=1S/C9H14BrNOS/c1-9(2,6-12)5-11-8-3-7(10)4-13-8/h3-4,11-12H,5-6H2,1-2H3. The number of hydrogen-bond donors (Lipinski definition) is 2. The normalized spacial score (nSPS) is 11.7. The summed E-state index contributed by atoms with van der Waals surface area (Å²) in [4.78, 5) is 0. The van der Waals surface area contributed by atoms with Crippen LogP contribution in [0.4, 0.5) is 5.00 Å². The van der Waals surface area contributed by atoms with Crippen LogP contribution in [0.5, 0.6) is 0 Å². The van der Waals surface area contributed by atoms with Crippen LogP contribution in [0.2, 0.25) is 0 Å². The molecule has 0 amide bonds. The minimum atomic E-state index is -0.0591. The monoisotopic (exact) mass is 263 g/mol. The molecule has 0 aromatic carbocycles. The van der Waals surface area contributed by atoms with Crippen molar-refractivity contribution in [3.63, 3.8) is 0 Å². The lowest BCUT2D eigenvalue weighted by molar-refractivity contribution is 0.171. The van der Waals surface area contributed by atoms with Crippen LogP contribution in [0.15, 0.2) is 15.9 Å². The molecule has 74 valence electrons. The van der Waals surface area contributed by atoms with Gasteiger partial charge >= 0.3 is 0 Å². The van der Waals surface area contributed by atoms with Crippen molar-refractivity contribution in [1.29, 1.82) is 0 Å². The van der Waals surface area contributed by atoms with E-state index < -0.39 is 0 Å². The molecule has 0 aliphatic heterocycles. The lowest BCUT2D eigenvalue weighted by atomic mass is 9.95. The van der Waals surface area contributed by atoms with Crippen LogP contribution >= 0.6 is 27.3 Å². The topological polar surface area (TPSA) is 32.3 Å². The van der Waals surface area contributed by atoms with Gasteiger partial charge in [0.05, 0.1) is 5.00 Å². The molecule has 0 saturated carbocycles. The van der Waals surface area contributed by atoms with Crippen LogP contribution in [0, 0.1) is 5.41 Å². The number of halogens is 1. The van der Waals surface area contributed by atoms with Gasteiger partial charge in [-0.2, -0.15) is 0 Å². The zero-order valence-electron chi connectivity index (χ0n) is 7.80. The van der Waals surface area contributed by atoms with Crippen molar-refractivity contribution in [3.8, 4) is 0 Å². The number of aliphatic hydroxyl groups is 1. The van der Waals surface area contributed by atoms with Crippen LogP contribution in [0.1, 0.15) is 13.8 Å². The molecule has 1 aromatic rings. The third kappa shape index (κ3) is 3.67. The van der Waals surface area contributed by atoms with E-state index in [1.165, 1.54) is 0 Å². The van der Waals surface area contributed by atoms with Crippen molar-refractivity contribution >= 4 is 32.3 Å². The number of anilines is 1. The number of aliphatic hydroxyl groups excluding tert-OH is 1. The second kappa shape index (κ2) is 4.44. The molecule has 2 nitrogen and oxygen atoms in total. The molecule has 0 aliphatic carbocycles. The molecule has 0 saturated heterocycles. The van der Waals surface area contributed by atoms with E-state index in [1.807, 2.05) is 25.3 Å². The smallest absolute Gasteiger partial charge is 0.0894 e. The number of hydrogen-bond acceptors (Lipinski definition) is 3. The molecule has 0 radical (unpaired) electrons. The van der Waals surface area contributed by atoms with Gasteiger partial charge in [-0.05, 0) is 22.0 Å². The van der Waals surface area contributed by atoms with Crippen LogP contribution < -0.4 is 5.32 Å². The fraction of sp³-hybridized carbons (Fsp3) is 0.556. The maximum atomic E-state index is 9.03. The zero-order valence-corrected chi connectivity index (χ0v) is 10.2. The van der Waals surface area contributed by atoms with Gasteiger partial charge in [0.15, 0.2) is 0 Å². The Labute approximate surface area is 91.1 Å². The highest BCUT2D eigenvalue weighted by Crippen LogP contribution is 2.25. The molecule has 2 N–H and O–H groups in total. The Kier molecular flexibility index (Phi) is 3.76. The first-order chi connectivity index (χ1) is 6.03. The molecule has 0 atom stereocenters. The van der Waals surface area contributed by atoms with Crippen molar-refractivity contribution in [3.05, 3.63) is 15.9 Å². The molecule has 1 heterocycles. The summed E-state index contributed by atoms with van der Waals surface area (Å²) in [5.74, 6) is 0. The Morgan fingerprint density at radius 1 is 1.62 bits per heavy atom. The third-order valence-electron chi connectivity index (χ3n) is 1.74. The van der Waals surface area contributed by atoms with Gasteiger partial charge in [0.2, 0.25) is 0 Å². The van der Waals surface area contributed by atoms with Gasteiger partial charge in [-0.15, -0.1) is 11.3 Å². The van der Waals surface area contributed by atoms with Crippen molar-refractivity contribution in [2.45, 2.75) is 13.8 Å². The second-order valence-corrected chi connectivity index (χ2v) is 5.63. The first-order valence-corrected chi connectivity index (χ1v) is 5.79. The fourth-order valence-corrected chi connectivity index (χ4v) is 2.11. The summed E-state index contributed by atoms with van der Waals surface area (Å²) in [6.45, 7) is 5.05. The summed E-state index contributed by atoms with van der Waals surface area (Å²) in [6.07, 6.45) is 0.